The maximum atomic E-state index is 4.82. The van der Waals surface area contributed by atoms with Crippen LogP contribution in [0.25, 0.3) is 66.6 Å². The molecule has 0 unspecified atom stereocenters. The molecule has 55 heavy (non-hydrogen) atoms. The van der Waals surface area contributed by atoms with E-state index in [-0.39, 0.29) is 5.41 Å². The van der Waals surface area contributed by atoms with E-state index in [4.69, 9.17) is 15.0 Å². The predicted octanol–water partition coefficient (Wildman–Crippen LogP) is 13.3. The van der Waals surface area contributed by atoms with Crippen molar-refractivity contribution < 1.29 is 0 Å². The third-order valence-electron chi connectivity index (χ3n) is 11.6. The van der Waals surface area contributed by atoms with Crippen molar-refractivity contribution in [1.29, 1.82) is 0 Å². The summed E-state index contributed by atoms with van der Waals surface area (Å²) in [6.07, 6.45) is 8.65. The van der Waals surface area contributed by atoms with Gasteiger partial charge in [-0.3, -0.25) is 0 Å². The molecule has 0 saturated carbocycles. The van der Waals surface area contributed by atoms with Gasteiger partial charge < -0.3 is 0 Å². The first-order valence-corrected chi connectivity index (χ1v) is 19.8. The fraction of sp³-hybridized carbons (Fsp3) is 0.216. The average Bonchev–Trinajstić information content (AvgIpc) is 3.23. The van der Waals surface area contributed by atoms with Crippen molar-refractivity contribution in [2.24, 2.45) is 0 Å². The molecule has 0 atom stereocenters. The van der Waals surface area contributed by atoms with Crippen LogP contribution in [0, 0.1) is 13.8 Å². The summed E-state index contributed by atoms with van der Waals surface area (Å²) in [6.45, 7) is 11.4. The molecule has 0 saturated heterocycles. The lowest BCUT2D eigenvalue weighted by atomic mass is 9.65. The van der Waals surface area contributed by atoms with E-state index in [0.717, 1.165) is 76.4 Å². The minimum absolute atomic E-state index is 0.222. The third kappa shape index (κ3) is 6.71. The Bertz CT molecular complexity index is 2590. The van der Waals surface area contributed by atoms with Crippen LogP contribution < -0.4 is 0 Å². The molecule has 2 aromatic heterocycles. The molecule has 0 N–H and O–H groups in total. The molecule has 0 bridgehead atoms. The molecule has 4 nitrogen and oxygen atoms in total. The van der Waals surface area contributed by atoms with E-state index in [1.165, 1.54) is 50.1 Å². The smallest absolute Gasteiger partial charge is 0.116 e. The molecule has 2 heterocycles. The Kier molecular flexibility index (Phi) is 10.1. The lowest BCUT2D eigenvalue weighted by molar-refractivity contribution is 0.480. The molecule has 0 amide bonds. The van der Waals surface area contributed by atoms with Crippen molar-refractivity contribution in [3.63, 3.8) is 0 Å². The van der Waals surface area contributed by atoms with E-state index in [2.05, 4.69) is 155 Å². The molecule has 6 aromatic carbocycles. The number of hydrogen-bond acceptors (Lipinski definition) is 4. The SMILES string of the molecule is CCCCc1cccc2c(-c3ccc(-c4cccc(-c5ccc(-c6ncnc7ccccc67)cc5)c4C(CC)(CC)c4cc(C)cc(C)c4)cc3)ncnc12. The molecule has 0 spiro atoms. The highest BCUT2D eigenvalue weighted by molar-refractivity contribution is 5.95. The van der Waals surface area contributed by atoms with Gasteiger partial charge in [-0.05, 0) is 84.5 Å². The van der Waals surface area contributed by atoms with Crippen molar-refractivity contribution in [3.8, 4) is 44.8 Å². The highest BCUT2D eigenvalue weighted by Gasteiger charge is 2.36. The minimum atomic E-state index is -0.222. The number of rotatable bonds is 11. The van der Waals surface area contributed by atoms with Gasteiger partial charge in [0.05, 0.1) is 22.4 Å². The van der Waals surface area contributed by atoms with Crippen LogP contribution in [0.2, 0.25) is 0 Å². The van der Waals surface area contributed by atoms with Gasteiger partial charge in [-0.1, -0.05) is 160 Å². The number of aromatic nitrogens is 4. The zero-order valence-electron chi connectivity index (χ0n) is 32.6. The van der Waals surface area contributed by atoms with Gasteiger partial charge in [0.15, 0.2) is 0 Å². The molecule has 8 aromatic rings. The first-order valence-electron chi connectivity index (χ1n) is 19.8. The van der Waals surface area contributed by atoms with Gasteiger partial charge in [-0.15, -0.1) is 0 Å². The summed E-state index contributed by atoms with van der Waals surface area (Å²) < 4.78 is 0. The zero-order chi connectivity index (χ0) is 37.9. The van der Waals surface area contributed by atoms with Gasteiger partial charge in [-0.25, -0.2) is 19.9 Å². The Morgan fingerprint density at radius 1 is 0.509 bits per heavy atom. The van der Waals surface area contributed by atoms with Crippen molar-refractivity contribution >= 4 is 21.8 Å². The van der Waals surface area contributed by atoms with Gasteiger partial charge >= 0.3 is 0 Å². The third-order valence-corrected chi connectivity index (χ3v) is 11.6. The fourth-order valence-electron chi connectivity index (χ4n) is 8.75. The zero-order valence-corrected chi connectivity index (χ0v) is 32.6. The second kappa shape index (κ2) is 15.4. The number of unbranched alkanes of at least 4 members (excludes halogenated alkanes) is 1. The van der Waals surface area contributed by atoms with Crippen molar-refractivity contribution in [2.45, 2.75) is 72.1 Å². The molecular weight excluding hydrogens is 669 g/mol. The number of fused-ring (bicyclic) bond motifs is 2. The second-order valence-corrected chi connectivity index (χ2v) is 14.9. The normalized spacial score (nSPS) is 11.7. The van der Waals surface area contributed by atoms with Crippen LogP contribution in [0.5, 0.6) is 0 Å². The lowest BCUT2D eigenvalue weighted by Gasteiger charge is -2.37. The average molecular weight is 717 g/mol. The van der Waals surface area contributed by atoms with Crippen LogP contribution in [0.1, 0.15) is 74.3 Å². The van der Waals surface area contributed by atoms with Gasteiger partial charge in [0.2, 0.25) is 0 Å². The summed E-state index contributed by atoms with van der Waals surface area (Å²) in [7, 11) is 0. The Morgan fingerprint density at radius 3 is 1.67 bits per heavy atom. The van der Waals surface area contributed by atoms with E-state index in [1.54, 1.807) is 12.7 Å². The Balaban J connectivity index is 1.28. The summed E-state index contributed by atoms with van der Waals surface area (Å²) >= 11 is 0. The summed E-state index contributed by atoms with van der Waals surface area (Å²) in [5.41, 5.74) is 17.4. The van der Waals surface area contributed by atoms with E-state index < -0.39 is 0 Å². The van der Waals surface area contributed by atoms with Gasteiger partial charge in [0.25, 0.3) is 0 Å². The van der Waals surface area contributed by atoms with E-state index in [1.807, 2.05) is 12.1 Å². The maximum absolute atomic E-state index is 4.82. The van der Waals surface area contributed by atoms with Crippen molar-refractivity contribution in [3.05, 3.63) is 168 Å². The number of para-hydroxylation sites is 2. The second-order valence-electron chi connectivity index (χ2n) is 14.9. The number of nitrogens with zero attached hydrogens (tertiary/aromatic N) is 4. The molecule has 0 aliphatic carbocycles. The van der Waals surface area contributed by atoms with Crippen LogP contribution in [0.15, 0.2) is 140 Å². The molecule has 272 valence electrons. The topological polar surface area (TPSA) is 51.6 Å². The predicted molar refractivity (Wildman–Crippen MR) is 230 cm³/mol. The summed E-state index contributed by atoms with van der Waals surface area (Å²) in [6, 6.07) is 46.7. The molecule has 0 aliphatic rings. The lowest BCUT2D eigenvalue weighted by Crippen LogP contribution is -2.28. The standard InChI is InChI=1S/C51H48N4/c1-6-9-14-38-15-12-19-45-49(38)54-33-55-50(45)40-27-23-37(24-28-40)43-18-13-17-42(47(43)51(7-2,8-3)41-30-34(4)29-35(5)31-41)36-21-25-39(26-22-36)48-44-16-10-11-20-46(44)52-32-53-48/h10-13,15-33H,6-9,14H2,1-5H3. The number of hydrogen-bond donors (Lipinski definition) is 0. The molecule has 4 heteroatoms. The van der Waals surface area contributed by atoms with Gasteiger partial charge in [-0.2, -0.15) is 0 Å². The summed E-state index contributed by atoms with van der Waals surface area (Å²) in [5, 5.41) is 2.16. The first kappa shape index (κ1) is 36.0. The van der Waals surface area contributed by atoms with Crippen molar-refractivity contribution in [1.82, 2.24) is 19.9 Å². The molecule has 8 rings (SSSR count). The minimum Gasteiger partial charge on any atom is -0.236 e. The Morgan fingerprint density at radius 2 is 1.05 bits per heavy atom. The fourth-order valence-corrected chi connectivity index (χ4v) is 8.75. The summed E-state index contributed by atoms with van der Waals surface area (Å²) in [5.74, 6) is 0. The quantitative estimate of drug-likeness (QED) is 0.134. The maximum Gasteiger partial charge on any atom is 0.116 e. The van der Waals surface area contributed by atoms with Crippen LogP contribution in [-0.2, 0) is 11.8 Å². The van der Waals surface area contributed by atoms with Crippen LogP contribution in [0.3, 0.4) is 0 Å². The Hall–Kier alpha value is -6.00. The van der Waals surface area contributed by atoms with Crippen molar-refractivity contribution in [2.75, 3.05) is 0 Å². The van der Waals surface area contributed by atoms with Crippen LogP contribution >= 0.6 is 0 Å². The number of aryl methyl sites for hydroxylation is 3. The molecule has 0 aliphatic heterocycles. The monoisotopic (exact) mass is 716 g/mol. The van der Waals surface area contributed by atoms with E-state index in [0.29, 0.717) is 0 Å². The van der Waals surface area contributed by atoms with Gasteiger partial charge in [0, 0.05) is 27.3 Å². The largest absolute Gasteiger partial charge is 0.236 e. The van der Waals surface area contributed by atoms with E-state index >= 15 is 0 Å². The number of benzene rings is 6. The summed E-state index contributed by atoms with van der Waals surface area (Å²) in [4.78, 5) is 18.8. The highest BCUT2D eigenvalue weighted by atomic mass is 14.8. The van der Waals surface area contributed by atoms with E-state index in [9.17, 15) is 0 Å². The molecule has 0 fully saturated rings. The highest BCUT2D eigenvalue weighted by Crippen LogP contribution is 2.49. The van der Waals surface area contributed by atoms with Gasteiger partial charge in [0.1, 0.15) is 12.7 Å². The molecule has 0 radical (unpaired) electrons. The van der Waals surface area contributed by atoms with Crippen LogP contribution in [-0.4, -0.2) is 19.9 Å². The first-order chi connectivity index (χ1) is 26.9. The molecular formula is C51H48N4. The van der Waals surface area contributed by atoms with Crippen LogP contribution in [0.4, 0.5) is 0 Å². The Labute approximate surface area is 325 Å².